The van der Waals surface area contributed by atoms with E-state index < -0.39 is 5.97 Å². The molecule has 5 nitrogen and oxygen atoms in total. The fraction of sp³-hybridized carbons (Fsp3) is 0.286. The van der Waals surface area contributed by atoms with Gasteiger partial charge >= 0.3 is 5.97 Å². The summed E-state index contributed by atoms with van der Waals surface area (Å²) >= 11 is 0. The highest BCUT2D eigenvalue weighted by Gasteiger charge is 2.18. The first kappa shape index (κ1) is 13.1. The molecular formula is C14H15NO4. The fourth-order valence-electron chi connectivity index (χ4n) is 2.01. The van der Waals surface area contributed by atoms with Crippen LogP contribution in [0.2, 0.25) is 0 Å². The summed E-state index contributed by atoms with van der Waals surface area (Å²) in [6.07, 6.45) is 0. The predicted octanol–water partition coefficient (Wildman–Crippen LogP) is 2.35. The number of carbonyl (C=O) groups is 1. The lowest BCUT2D eigenvalue weighted by molar-refractivity contribution is 0.0602. The van der Waals surface area contributed by atoms with Crippen molar-refractivity contribution in [3.8, 4) is 11.5 Å². The number of benzene rings is 1. The van der Waals surface area contributed by atoms with Gasteiger partial charge in [0.05, 0.1) is 32.3 Å². The van der Waals surface area contributed by atoms with E-state index in [9.17, 15) is 4.79 Å². The van der Waals surface area contributed by atoms with E-state index in [1.807, 2.05) is 6.92 Å². The van der Waals surface area contributed by atoms with Gasteiger partial charge < -0.3 is 14.2 Å². The molecule has 19 heavy (non-hydrogen) atoms. The van der Waals surface area contributed by atoms with Crippen molar-refractivity contribution in [3.63, 3.8) is 0 Å². The molecule has 0 saturated heterocycles. The monoisotopic (exact) mass is 261 g/mol. The van der Waals surface area contributed by atoms with Gasteiger partial charge in [0, 0.05) is 11.8 Å². The summed E-state index contributed by atoms with van der Waals surface area (Å²) in [5, 5.41) is 0.597. The van der Waals surface area contributed by atoms with E-state index in [1.54, 1.807) is 32.4 Å². The van der Waals surface area contributed by atoms with Gasteiger partial charge in [0.2, 0.25) is 0 Å². The zero-order valence-electron chi connectivity index (χ0n) is 11.3. The zero-order valence-corrected chi connectivity index (χ0v) is 11.3. The molecule has 0 fully saturated rings. The number of rotatable bonds is 3. The molecule has 1 heterocycles. The molecule has 0 aliphatic carbocycles. The molecule has 0 N–H and O–H groups in total. The molecular weight excluding hydrogens is 246 g/mol. The number of fused-ring (bicyclic) bond motifs is 1. The smallest absolute Gasteiger partial charge is 0.338 e. The van der Waals surface area contributed by atoms with Crippen molar-refractivity contribution in [2.24, 2.45) is 0 Å². The van der Waals surface area contributed by atoms with Crippen LogP contribution in [0.1, 0.15) is 16.1 Å². The first-order chi connectivity index (χ1) is 9.12. The van der Waals surface area contributed by atoms with Crippen LogP contribution in [0, 0.1) is 6.92 Å². The molecule has 0 bridgehead atoms. The highest BCUT2D eigenvalue weighted by Crippen LogP contribution is 2.34. The van der Waals surface area contributed by atoms with Gasteiger partial charge in [-0.3, -0.25) is 0 Å². The standard InChI is InChI=1S/C14H15NO4/c1-8-7-11(18-3)12-9(14(16)19-4)5-6-10(17-2)13(12)15-8/h5-7H,1-4H3. The minimum Gasteiger partial charge on any atom is -0.496 e. The Bertz CT molecular complexity index is 637. The molecule has 0 radical (unpaired) electrons. The van der Waals surface area contributed by atoms with Gasteiger partial charge in [-0.1, -0.05) is 0 Å². The van der Waals surface area contributed by atoms with Gasteiger partial charge in [-0.05, 0) is 19.1 Å². The average molecular weight is 261 g/mol. The Hall–Kier alpha value is -2.30. The molecule has 0 spiro atoms. The maximum absolute atomic E-state index is 11.8. The molecule has 0 aliphatic heterocycles. The summed E-state index contributed by atoms with van der Waals surface area (Å²) in [6.45, 7) is 1.85. The van der Waals surface area contributed by atoms with Crippen LogP contribution in [0.5, 0.6) is 11.5 Å². The third kappa shape index (κ3) is 2.19. The van der Waals surface area contributed by atoms with E-state index in [1.165, 1.54) is 7.11 Å². The van der Waals surface area contributed by atoms with Gasteiger partial charge in [0.15, 0.2) is 0 Å². The number of nitrogens with zero attached hydrogens (tertiary/aromatic N) is 1. The molecule has 5 heteroatoms. The van der Waals surface area contributed by atoms with Crippen LogP contribution >= 0.6 is 0 Å². The lowest BCUT2D eigenvalue weighted by atomic mass is 10.1. The molecule has 2 aromatic rings. The van der Waals surface area contributed by atoms with E-state index >= 15 is 0 Å². The number of aryl methyl sites for hydroxylation is 1. The highest BCUT2D eigenvalue weighted by atomic mass is 16.5. The predicted molar refractivity (Wildman–Crippen MR) is 70.9 cm³/mol. The maximum Gasteiger partial charge on any atom is 0.338 e. The number of carbonyl (C=O) groups excluding carboxylic acids is 1. The number of aromatic nitrogens is 1. The molecule has 2 rings (SSSR count). The van der Waals surface area contributed by atoms with Crippen LogP contribution in [-0.2, 0) is 4.74 Å². The molecule has 0 aliphatic rings. The van der Waals surface area contributed by atoms with Crippen LogP contribution < -0.4 is 9.47 Å². The summed E-state index contributed by atoms with van der Waals surface area (Å²) in [5.74, 6) is 0.725. The molecule has 100 valence electrons. The molecule has 1 aromatic carbocycles. The van der Waals surface area contributed by atoms with E-state index in [0.29, 0.717) is 28.0 Å². The topological polar surface area (TPSA) is 57.7 Å². The SMILES string of the molecule is COC(=O)c1ccc(OC)c2nc(C)cc(OC)c12. The van der Waals surface area contributed by atoms with Crippen molar-refractivity contribution >= 4 is 16.9 Å². The molecule has 0 amide bonds. The van der Waals surface area contributed by atoms with Gasteiger partial charge in [-0.15, -0.1) is 0 Å². The van der Waals surface area contributed by atoms with E-state index in [-0.39, 0.29) is 0 Å². The Balaban J connectivity index is 2.89. The Kier molecular flexibility index (Phi) is 3.55. The summed E-state index contributed by atoms with van der Waals surface area (Å²) in [5.41, 5.74) is 1.77. The Morgan fingerprint density at radius 2 is 1.79 bits per heavy atom. The first-order valence-electron chi connectivity index (χ1n) is 5.73. The quantitative estimate of drug-likeness (QED) is 0.794. The van der Waals surface area contributed by atoms with Crippen LogP contribution in [-0.4, -0.2) is 32.3 Å². The van der Waals surface area contributed by atoms with Crippen molar-refractivity contribution in [1.29, 1.82) is 0 Å². The fourth-order valence-corrected chi connectivity index (χ4v) is 2.01. The Morgan fingerprint density at radius 1 is 1.11 bits per heavy atom. The van der Waals surface area contributed by atoms with Gasteiger partial charge in [-0.25, -0.2) is 9.78 Å². The number of esters is 1. The number of hydrogen-bond donors (Lipinski definition) is 0. The van der Waals surface area contributed by atoms with Crippen LogP contribution in [0.3, 0.4) is 0 Å². The van der Waals surface area contributed by atoms with Crippen molar-refractivity contribution < 1.29 is 19.0 Å². The summed E-state index contributed by atoms with van der Waals surface area (Å²) in [7, 11) is 4.45. The maximum atomic E-state index is 11.8. The van der Waals surface area contributed by atoms with Gasteiger partial charge in [0.1, 0.15) is 17.0 Å². The first-order valence-corrected chi connectivity index (χ1v) is 5.73. The zero-order chi connectivity index (χ0) is 14.0. The normalized spacial score (nSPS) is 10.3. The Labute approximate surface area is 111 Å². The highest BCUT2D eigenvalue weighted by molar-refractivity contribution is 6.07. The third-order valence-electron chi connectivity index (χ3n) is 2.86. The second kappa shape index (κ2) is 5.14. The minimum atomic E-state index is -0.434. The summed E-state index contributed by atoms with van der Waals surface area (Å²) < 4.78 is 15.4. The number of methoxy groups -OCH3 is 3. The number of hydrogen-bond acceptors (Lipinski definition) is 5. The van der Waals surface area contributed by atoms with Crippen LogP contribution in [0.25, 0.3) is 10.9 Å². The van der Waals surface area contributed by atoms with Gasteiger partial charge in [0.25, 0.3) is 0 Å². The molecule has 0 atom stereocenters. The van der Waals surface area contributed by atoms with Gasteiger partial charge in [-0.2, -0.15) is 0 Å². The molecule has 0 unspecified atom stereocenters. The molecule has 1 aromatic heterocycles. The van der Waals surface area contributed by atoms with Crippen LogP contribution in [0.4, 0.5) is 0 Å². The third-order valence-corrected chi connectivity index (χ3v) is 2.86. The second-order valence-corrected chi connectivity index (χ2v) is 4.00. The minimum absolute atomic E-state index is 0.405. The van der Waals surface area contributed by atoms with E-state index in [4.69, 9.17) is 14.2 Å². The number of ether oxygens (including phenoxy) is 3. The van der Waals surface area contributed by atoms with E-state index in [0.717, 1.165) is 5.69 Å². The second-order valence-electron chi connectivity index (χ2n) is 4.00. The largest absolute Gasteiger partial charge is 0.496 e. The lowest BCUT2D eigenvalue weighted by Crippen LogP contribution is -2.05. The molecule has 0 saturated carbocycles. The Morgan fingerprint density at radius 3 is 2.37 bits per heavy atom. The van der Waals surface area contributed by atoms with E-state index in [2.05, 4.69) is 4.98 Å². The van der Waals surface area contributed by atoms with Crippen molar-refractivity contribution in [2.45, 2.75) is 6.92 Å². The lowest BCUT2D eigenvalue weighted by Gasteiger charge is -2.12. The van der Waals surface area contributed by atoms with Crippen molar-refractivity contribution in [1.82, 2.24) is 4.98 Å². The van der Waals surface area contributed by atoms with Crippen molar-refractivity contribution in [2.75, 3.05) is 21.3 Å². The average Bonchev–Trinajstić information content (AvgIpc) is 2.44. The summed E-state index contributed by atoms with van der Waals surface area (Å²) in [4.78, 5) is 16.3. The summed E-state index contributed by atoms with van der Waals surface area (Å²) in [6, 6.07) is 5.11. The van der Waals surface area contributed by atoms with Crippen LogP contribution in [0.15, 0.2) is 18.2 Å². The van der Waals surface area contributed by atoms with Crippen molar-refractivity contribution in [3.05, 3.63) is 29.5 Å². The number of pyridine rings is 1.